The fourth-order valence-electron chi connectivity index (χ4n) is 2.69. The maximum absolute atomic E-state index is 12.0. The van der Waals surface area contributed by atoms with Crippen LogP contribution in [0.25, 0.3) is 0 Å². The van der Waals surface area contributed by atoms with Crippen molar-refractivity contribution in [2.45, 2.75) is 38.6 Å². The molecule has 1 aromatic carbocycles. The van der Waals surface area contributed by atoms with Gasteiger partial charge < -0.3 is 16.0 Å². The first kappa shape index (κ1) is 16.4. The molecule has 0 aliphatic carbocycles. The molecule has 1 fully saturated rings. The molecule has 4 nitrogen and oxygen atoms in total. The number of hydrogen-bond donors (Lipinski definition) is 2. The van der Waals surface area contributed by atoms with Crippen LogP contribution in [-0.4, -0.2) is 29.9 Å². The van der Waals surface area contributed by atoms with E-state index in [0.29, 0.717) is 33.9 Å². The Bertz CT molecular complexity index is 499. The van der Waals surface area contributed by atoms with Crippen LogP contribution in [0.5, 0.6) is 0 Å². The predicted octanol–water partition coefficient (Wildman–Crippen LogP) is 3.78. The van der Waals surface area contributed by atoms with Gasteiger partial charge in [0.15, 0.2) is 0 Å². The van der Waals surface area contributed by atoms with E-state index in [1.807, 2.05) is 0 Å². The summed E-state index contributed by atoms with van der Waals surface area (Å²) in [7, 11) is 0. The summed E-state index contributed by atoms with van der Waals surface area (Å²) in [5.41, 5.74) is 6.65. The average molecular weight is 330 g/mol. The van der Waals surface area contributed by atoms with Gasteiger partial charge in [-0.25, -0.2) is 0 Å². The number of rotatable bonds is 5. The number of nitrogens with zero attached hydrogens (tertiary/aromatic N) is 1. The minimum atomic E-state index is -0.0715. The number of carbonyl (C=O) groups is 1. The van der Waals surface area contributed by atoms with Crippen molar-refractivity contribution in [2.75, 3.05) is 24.1 Å². The van der Waals surface area contributed by atoms with E-state index in [9.17, 15) is 4.79 Å². The van der Waals surface area contributed by atoms with Gasteiger partial charge in [-0.05, 0) is 51.4 Å². The molecule has 0 radical (unpaired) electrons. The van der Waals surface area contributed by atoms with Gasteiger partial charge in [-0.15, -0.1) is 0 Å². The molecule has 1 aliphatic rings. The quantitative estimate of drug-likeness (QED) is 0.808. The number of nitrogens with one attached hydrogen (secondary N) is 1. The number of amides is 1. The van der Waals surface area contributed by atoms with Gasteiger partial charge in [-0.2, -0.15) is 0 Å². The van der Waals surface area contributed by atoms with Crippen LogP contribution in [0.2, 0.25) is 10.0 Å². The smallest absolute Gasteiger partial charge is 0.224 e. The zero-order valence-electron chi connectivity index (χ0n) is 12.2. The third-order valence-corrected chi connectivity index (χ3v) is 4.41. The molecule has 1 aromatic rings. The second-order valence-corrected chi connectivity index (χ2v) is 6.37. The van der Waals surface area contributed by atoms with E-state index >= 15 is 0 Å². The van der Waals surface area contributed by atoms with Gasteiger partial charge >= 0.3 is 0 Å². The van der Waals surface area contributed by atoms with Crippen molar-refractivity contribution in [1.29, 1.82) is 0 Å². The summed E-state index contributed by atoms with van der Waals surface area (Å²) in [5.74, 6) is -0.0715. The lowest BCUT2D eigenvalue weighted by Crippen LogP contribution is -2.28. The lowest BCUT2D eigenvalue weighted by Gasteiger charge is -2.20. The number of nitrogen functional groups attached to an aromatic ring is 1. The van der Waals surface area contributed by atoms with E-state index < -0.39 is 0 Å². The number of carbonyl (C=O) groups excluding carboxylic acids is 1. The van der Waals surface area contributed by atoms with Gasteiger partial charge in [0.1, 0.15) is 0 Å². The number of anilines is 2. The number of benzene rings is 1. The van der Waals surface area contributed by atoms with Crippen molar-refractivity contribution in [3.8, 4) is 0 Å². The molecule has 6 heteroatoms. The summed E-state index contributed by atoms with van der Waals surface area (Å²) in [6.45, 7) is 4.33. The number of nitrogens with two attached hydrogens (primary N) is 1. The molecule has 1 saturated heterocycles. The standard InChI is InChI=1S/C15H21Cl2N3O/c1-10-4-2-6-20(10)7-3-5-14(21)19-15-12(17)8-11(16)9-13(15)18/h8-10H,2-7,18H2,1H3,(H,19,21). The molecule has 1 heterocycles. The van der Waals surface area contributed by atoms with Crippen LogP contribution in [0, 0.1) is 0 Å². The third kappa shape index (κ3) is 4.50. The molecule has 116 valence electrons. The van der Waals surface area contributed by atoms with Gasteiger partial charge in [0, 0.05) is 17.5 Å². The van der Waals surface area contributed by atoms with Gasteiger partial charge in [0.05, 0.1) is 16.4 Å². The number of likely N-dealkylation sites (tertiary alicyclic amines) is 1. The summed E-state index contributed by atoms with van der Waals surface area (Å²) in [6, 6.07) is 3.78. The second-order valence-electron chi connectivity index (χ2n) is 5.53. The van der Waals surface area contributed by atoms with Crippen LogP contribution in [0.15, 0.2) is 12.1 Å². The van der Waals surface area contributed by atoms with Crippen LogP contribution in [0.3, 0.4) is 0 Å². The Kier molecular flexibility index (Phi) is 5.73. The monoisotopic (exact) mass is 329 g/mol. The highest BCUT2D eigenvalue weighted by molar-refractivity contribution is 6.37. The van der Waals surface area contributed by atoms with Crippen molar-refractivity contribution >= 4 is 40.5 Å². The van der Waals surface area contributed by atoms with Crippen molar-refractivity contribution in [3.63, 3.8) is 0 Å². The highest BCUT2D eigenvalue weighted by atomic mass is 35.5. The maximum Gasteiger partial charge on any atom is 0.224 e. The zero-order valence-corrected chi connectivity index (χ0v) is 13.7. The third-order valence-electron chi connectivity index (χ3n) is 3.89. The van der Waals surface area contributed by atoms with Crippen LogP contribution in [0.4, 0.5) is 11.4 Å². The van der Waals surface area contributed by atoms with E-state index in [2.05, 4.69) is 17.1 Å². The molecule has 1 unspecified atom stereocenters. The Morgan fingerprint density at radius 1 is 1.48 bits per heavy atom. The zero-order chi connectivity index (χ0) is 15.4. The summed E-state index contributed by atoms with van der Waals surface area (Å²) in [4.78, 5) is 14.4. The van der Waals surface area contributed by atoms with Gasteiger partial charge in [-0.3, -0.25) is 4.79 Å². The van der Waals surface area contributed by atoms with Gasteiger partial charge in [-0.1, -0.05) is 23.2 Å². The molecule has 3 N–H and O–H groups in total. The van der Waals surface area contributed by atoms with Crippen molar-refractivity contribution in [2.24, 2.45) is 0 Å². The molecule has 1 atom stereocenters. The molecule has 2 rings (SSSR count). The Balaban J connectivity index is 1.82. The summed E-state index contributed by atoms with van der Waals surface area (Å²) in [6.07, 6.45) is 3.80. The maximum atomic E-state index is 12.0. The minimum Gasteiger partial charge on any atom is -0.397 e. The molecule has 0 saturated carbocycles. The number of hydrogen-bond acceptors (Lipinski definition) is 3. The van der Waals surface area contributed by atoms with E-state index in [4.69, 9.17) is 28.9 Å². The number of halogens is 2. The molecule has 0 spiro atoms. The first-order valence-corrected chi connectivity index (χ1v) is 8.01. The fourth-order valence-corrected chi connectivity index (χ4v) is 3.25. The summed E-state index contributed by atoms with van der Waals surface area (Å²) < 4.78 is 0. The second kappa shape index (κ2) is 7.34. The first-order valence-electron chi connectivity index (χ1n) is 7.26. The highest BCUT2D eigenvalue weighted by Crippen LogP contribution is 2.32. The Labute approximate surface area is 135 Å². The van der Waals surface area contributed by atoms with E-state index in [1.54, 1.807) is 12.1 Å². The molecule has 21 heavy (non-hydrogen) atoms. The summed E-state index contributed by atoms with van der Waals surface area (Å²) >= 11 is 11.9. The van der Waals surface area contributed by atoms with E-state index in [1.165, 1.54) is 12.8 Å². The molecular weight excluding hydrogens is 309 g/mol. The first-order chi connectivity index (χ1) is 9.97. The molecular formula is C15H21Cl2N3O. The average Bonchev–Trinajstić information content (AvgIpc) is 2.80. The van der Waals surface area contributed by atoms with Crippen LogP contribution >= 0.6 is 23.2 Å². The van der Waals surface area contributed by atoms with Crippen molar-refractivity contribution < 1.29 is 4.79 Å². The molecule has 1 aliphatic heterocycles. The van der Waals surface area contributed by atoms with E-state index in [-0.39, 0.29) is 5.91 Å². The normalized spacial score (nSPS) is 18.9. The summed E-state index contributed by atoms with van der Waals surface area (Å²) in [5, 5.41) is 3.59. The SMILES string of the molecule is CC1CCCN1CCCC(=O)Nc1c(N)cc(Cl)cc1Cl. The Hall–Kier alpha value is -0.970. The van der Waals surface area contributed by atoms with E-state index in [0.717, 1.165) is 19.5 Å². The van der Waals surface area contributed by atoms with Gasteiger partial charge in [0.25, 0.3) is 0 Å². The molecule has 0 aromatic heterocycles. The van der Waals surface area contributed by atoms with Crippen LogP contribution in [0.1, 0.15) is 32.6 Å². The van der Waals surface area contributed by atoms with Crippen molar-refractivity contribution in [3.05, 3.63) is 22.2 Å². The Morgan fingerprint density at radius 3 is 2.86 bits per heavy atom. The molecule has 0 bridgehead atoms. The topological polar surface area (TPSA) is 58.4 Å². The van der Waals surface area contributed by atoms with Crippen LogP contribution < -0.4 is 11.1 Å². The largest absolute Gasteiger partial charge is 0.397 e. The fraction of sp³-hybridized carbons (Fsp3) is 0.533. The molecule has 1 amide bonds. The predicted molar refractivity (Wildman–Crippen MR) is 89.0 cm³/mol. The van der Waals surface area contributed by atoms with Crippen molar-refractivity contribution in [1.82, 2.24) is 4.90 Å². The van der Waals surface area contributed by atoms with Crippen LogP contribution in [-0.2, 0) is 4.79 Å². The Morgan fingerprint density at radius 2 is 2.24 bits per heavy atom. The lowest BCUT2D eigenvalue weighted by molar-refractivity contribution is -0.116. The highest BCUT2D eigenvalue weighted by Gasteiger charge is 2.19. The lowest BCUT2D eigenvalue weighted by atomic mass is 10.2. The van der Waals surface area contributed by atoms with Gasteiger partial charge in [0.2, 0.25) is 5.91 Å². The minimum absolute atomic E-state index is 0.0715.